The zero-order valence-electron chi connectivity index (χ0n) is 15.9. The van der Waals surface area contributed by atoms with E-state index in [1.165, 1.54) is 38.9 Å². The van der Waals surface area contributed by atoms with Gasteiger partial charge in [0.1, 0.15) is 0 Å². The lowest BCUT2D eigenvalue weighted by molar-refractivity contribution is 0.297. The van der Waals surface area contributed by atoms with E-state index in [1.807, 2.05) is 18.2 Å². The number of anilines is 1. The summed E-state index contributed by atoms with van der Waals surface area (Å²) in [5.74, 6) is 2.44. The first-order chi connectivity index (χ1) is 12.8. The van der Waals surface area contributed by atoms with Crippen LogP contribution in [-0.2, 0) is 0 Å². The fourth-order valence-electron chi connectivity index (χ4n) is 3.33. The van der Waals surface area contributed by atoms with Gasteiger partial charge in [0, 0.05) is 31.3 Å². The van der Waals surface area contributed by atoms with Crippen LogP contribution in [0.3, 0.4) is 0 Å². The summed E-state index contributed by atoms with van der Waals surface area (Å²) in [5, 5.41) is 6.69. The Morgan fingerprint density at radius 2 is 1.88 bits per heavy atom. The van der Waals surface area contributed by atoms with Gasteiger partial charge in [0.15, 0.2) is 17.5 Å². The monoisotopic (exact) mass is 360 g/mol. The van der Waals surface area contributed by atoms with Crippen molar-refractivity contribution in [3.63, 3.8) is 0 Å². The number of benzene rings is 1. The quantitative estimate of drug-likeness (QED) is 0.444. The Balaban J connectivity index is 1.49. The van der Waals surface area contributed by atoms with E-state index in [1.54, 1.807) is 0 Å². The van der Waals surface area contributed by atoms with E-state index >= 15 is 0 Å². The Morgan fingerprint density at radius 3 is 2.69 bits per heavy atom. The molecule has 0 amide bonds. The number of unbranched alkanes of at least 4 members (excludes halogenated alkanes) is 1. The normalized spacial score (nSPS) is 17.8. The van der Waals surface area contributed by atoms with Crippen LogP contribution in [0, 0.1) is 0 Å². The Kier molecular flexibility index (Phi) is 7.43. The Labute approximate surface area is 157 Å². The highest BCUT2D eigenvalue weighted by molar-refractivity contribution is 5.93. The number of nitrogens with one attached hydrogen (secondary N) is 2. The lowest BCUT2D eigenvalue weighted by Gasteiger charge is -2.15. The van der Waals surface area contributed by atoms with Gasteiger partial charge in [0.25, 0.3) is 0 Å². The lowest BCUT2D eigenvalue weighted by Crippen LogP contribution is -2.30. The first-order valence-electron chi connectivity index (χ1n) is 10.0. The Morgan fingerprint density at radius 1 is 1.08 bits per heavy atom. The molecule has 6 heteroatoms. The number of hydrogen-bond acceptors (Lipinski definition) is 4. The minimum absolute atomic E-state index is 0.696. The average Bonchev–Trinajstić information content (AvgIpc) is 3.05. The molecule has 2 N–H and O–H groups in total. The summed E-state index contributed by atoms with van der Waals surface area (Å²) in [6, 6.07) is 5.96. The number of guanidine groups is 1. The third kappa shape index (κ3) is 5.80. The number of aliphatic imine (C=N–C) groups is 1. The molecule has 2 aliphatic heterocycles. The highest BCUT2D eigenvalue weighted by atomic mass is 16.5. The van der Waals surface area contributed by atoms with Crippen LogP contribution in [0.5, 0.6) is 11.5 Å². The Hall–Kier alpha value is -1.95. The van der Waals surface area contributed by atoms with E-state index in [0.29, 0.717) is 13.2 Å². The van der Waals surface area contributed by atoms with Crippen molar-refractivity contribution < 1.29 is 9.47 Å². The number of rotatable bonds is 7. The van der Waals surface area contributed by atoms with Gasteiger partial charge in [-0.3, -0.25) is 4.99 Å². The second-order valence-electron chi connectivity index (χ2n) is 6.85. The predicted octanol–water partition coefficient (Wildman–Crippen LogP) is 3.10. The second kappa shape index (κ2) is 10.3. The topological polar surface area (TPSA) is 58.1 Å². The smallest absolute Gasteiger partial charge is 0.195 e. The van der Waals surface area contributed by atoms with Crippen LogP contribution in [0.4, 0.5) is 5.69 Å². The summed E-state index contributed by atoms with van der Waals surface area (Å²) in [6.07, 6.45) is 5.98. The maximum absolute atomic E-state index is 5.76. The van der Waals surface area contributed by atoms with Crippen molar-refractivity contribution in [1.82, 2.24) is 10.2 Å². The standard InChI is InChI=1S/C20H32N4O2/c1-2-21-20(22-10-3-4-11-24-12-5-6-13-24)23-17-8-9-18-19(16-17)26-15-7-14-25-18/h8-9,16H,2-7,10-15H2,1H3,(H2,21,22,23). The number of hydrogen-bond donors (Lipinski definition) is 2. The minimum atomic E-state index is 0.696. The van der Waals surface area contributed by atoms with Gasteiger partial charge in [-0.15, -0.1) is 0 Å². The highest BCUT2D eigenvalue weighted by Gasteiger charge is 2.12. The van der Waals surface area contributed by atoms with E-state index < -0.39 is 0 Å². The number of ether oxygens (including phenoxy) is 2. The van der Waals surface area contributed by atoms with E-state index in [0.717, 1.165) is 49.1 Å². The van der Waals surface area contributed by atoms with Gasteiger partial charge in [-0.1, -0.05) is 0 Å². The molecule has 1 aromatic carbocycles. The molecule has 0 bridgehead atoms. The molecular formula is C20H32N4O2. The molecule has 0 aromatic heterocycles. The minimum Gasteiger partial charge on any atom is -0.490 e. The third-order valence-electron chi connectivity index (χ3n) is 4.71. The van der Waals surface area contributed by atoms with Crippen molar-refractivity contribution in [3.8, 4) is 11.5 Å². The van der Waals surface area contributed by atoms with E-state index in [9.17, 15) is 0 Å². The van der Waals surface area contributed by atoms with Gasteiger partial charge in [-0.25, -0.2) is 0 Å². The molecule has 0 atom stereocenters. The van der Waals surface area contributed by atoms with Crippen LogP contribution in [0.2, 0.25) is 0 Å². The van der Waals surface area contributed by atoms with Gasteiger partial charge in [-0.05, 0) is 64.4 Å². The molecule has 1 saturated heterocycles. The number of fused-ring (bicyclic) bond motifs is 1. The molecule has 0 spiro atoms. The first-order valence-corrected chi connectivity index (χ1v) is 10.0. The van der Waals surface area contributed by atoms with E-state index in [2.05, 4.69) is 22.5 Å². The summed E-state index contributed by atoms with van der Waals surface area (Å²) in [6.45, 7) is 8.93. The largest absolute Gasteiger partial charge is 0.490 e. The van der Waals surface area contributed by atoms with Gasteiger partial charge < -0.3 is 25.0 Å². The van der Waals surface area contributed by atoms with Crippen LogP contribution in [-0.4, -0.2) is 56.8 Å². The predicted molar refractivity (Wildman–Crippen MR) is 107 cm³/mol. The molecule has 26 heavy (non-hydrogen) atoms. The van der Waals surface area contributed by atoms with E-state index in [-0.39, 0.29) is 0 Å². The molecule has 3 rings (SSSR count). The zero-order valence-corrected chi connectivity index (χ0v) is 15.9. The summed E-state index contributed by atoms with van der Waals surface area (Å²) in [5.41, 5.74) is 0.964. The first kappa shape index (κ1) is 18.8. The molecule has 1 aromatic rings. The third-order valence-corrected chi connectivity index (χ3v) is 4.71. The molecule has 2 heterocycles. The van der Waals surface area contributed by atoms with Gasteiger partial charge in [0.05, 0.1) is 13.2 Å². The molecule has 0 radical (unpaired) electrons. The molecule has 0 aliphatic carbocycles. The van der Waals surface area contributed by atoms with E-state index in [4.69, 9.17) is 14.5 Å². The molecule has 0 saturated carbocycles. The Bertz CT molecular complexity index is 585. The maximum atomic E-state index is 5.76. The molecule has 6 nitrogen and oxygen atoms in total. The summed E-state index contributed by atoms with van der Waals surface area (Å²) in [4.78, 5) is 7.27. The van der Waals surface area contributed by atoms with Crippen molar-refractivity contribution in [2.45, 2.75) is 39.0 Å². The molecule has 2 aliphatic rings. The lowest BCUT2D eigenvalue weighted by atomic mass is 10.2. The van der Waals surface area contributed by atoms with Gasteiger partial charge in [0.2, 0.25) is 0 Å². The zero-order chi connectivity index (χ0) is 18.0. The summed E-state index contributed by atoms with van der Waals surface area (Å²) in [7, 11) is 0. The van der Waals surface area contributed by atoms with Crippen LogP contribution in [0.15, 0.2) is 23.2 Å². The molecule has 0 unspecified atom stereocenters. The van der Waals surface area contributed by atoms with Crippen LogP contribution in [0.1, 0.15) is 39.0 Å². The summed E-state index contributed by atoms with van der Waals surface area (Å²) < 4.78 is 11.4. The second-order valence-corrected chi connectivity index (χ2v) is 6.85. The molecule has 144 valence electrons. The van der Waals surface area contributed by atoms with Gasteiger partial charge in [-0.2, -0.15) is 0 Å². The average molecular weight is 361 g/mol. The van der Waals surface area contributed by atoms with Crippen molar-refractivity contribution in [2.75, 3.05) is 51.3 Å². The SMILES string of the molecule is CCNC(=NCCCCN1CCCC1)Nc1ccc2c(c1)OCCCO2. The number of likely N-dealkylation sites (tertiary alicyclic amines) is 1. The van der Waals surface area contributed by atoms with Crippen molar-refractivity contribution in [3.05, 3.63) is 18.2 Å². The van der Waals surface area contributed by atoms with Crippen LogP contribution >= 0.6 is 0 Å². The van der Waals surface area contributed by atoms with Crippen LogP contribution < -0.4 is 20.1 Å². The van der Waals surface area contributed by atoms with Crippen molar-refractivity contribution in [2.24, 2.45) is 4.99 Å². The van der Waals surface area contributed by atoms with Gasteiger partial charge >= 0.3 is 0 Å². The number of nitrogens with zero attached hydrogens (tertiary/aromatic N) is 2. The highest BCUT2D eigenvalue weighted by Crippen LogP contribution is 2.32. The summed E-state index contributed by atoms with van der Waals surface area (Å²) >= 11 is 0. The fraction of sp³-hybridized carbons (Fsp3) is 0.650. The van der Waals surface area contributed by atoms with Crippen molar-refractivity contribution >= 4 is 11.6 Å². The fourth-order valence-corrected chi connectivity index (χ4v) is 3.33. The van der Waals surface area contributed by atoms with Crippen LogP contribution in [0.25, 0.3) is 0 Å². The van der Waals surface area contributed by atoms with Crippen molar-refractivity contribution in [1.29, 1.82) is 0 Å². The molecular weight excluding hydrogens is 328 g/mol. The maximum Gasteiger partial charge on any atom is 0.195 e. The molecule has 1 fully saturated rings.